The molecule has 0 spiro atoms. The summed E-state index contributed by atoms with van der Waals surface area (Å²) in [5.74, 6) is -0.853. The molecule has 0 rings (SSSR count). The van der Waals surface area contributed by atoms with E-state index in [1.807, 2.05) is 0 Å². The summed E-state index contributed by atoms with van der Waals surface area (Å²) in [7, 11) is -4.28. The fourth-order valence-corrected chi connectivity index (χ4v) is 2.60. The molecule has 0 bridgehead atoms. The molecule has 0 aliphatic rings. The third kappa shape index (κ3) is 4.22. The van der Waals surface area contributed by atoms with Gasteiger partial charge >= 0.3 is 88.3 Å². The summed E-state index contributed by atoms with van der Waals surface area (Å²) in [6, 6.07) is 0. The third-order valence-corrected chi connectivity index (χ3v) is 3.51. The average molecular weight is 202 g/mol. The van der Waals surface area contributed by atoms with Gasteiger partial charge in [0.1, 0.15) is 0 Å². The Hall–Kier alpha value is 0.120. The first kappa shape index (κ1) is 12.1. The molecule has 7 heteroatoms. The molecule has 0 amide bonds. The summed E-state index contributed by atoms with van der Waals surface area (Å²) in [5, 5.41) is 0. The molecule has 0 aliphatic heterocycles. The first-order chi connectivity index (χ1) is 5.41. The summed E-state index contributed by atoms with van der Waals surface area (Å²) in [5.41, 5.74) is -1.44. The molecular formula is C5H7NaO5S. The molecule has 0 fully saturated rings. The number of carbonyl (C=O) groups is 1. The van der Waals surface area contributed by atoms with Crippen LogP contribution in [0.2, 0.25) is 3.67 Å². The van der Waals surface area contributed by atoms with E-state index in [2.05, 4.69) is 11.3 Å². The van der Waals surface area contributed by atoms with Crippen LogP contribution in [0.3, 0.4) is 0 Å². The van der Waals surface area contributed by atoms with Gasteiger partial charge in [-0.25, -0.2) is 0 Å². The molecule has 64 valence electrons. The van der Waals surface area contributed by atoms with Crippen LogP contribution in [0, 0.1) is 0 Å². The summed E-state index contributed by atoms with van der Waals surface area (Å²) in [4.78, 5) is 10.5. The van der Waals surface area contributed by atoms with E-state index in [4.69, 9.17) is 4.55 Å². The van der Waals surface area contributed by atoms with Gasteiger partial charge in [-0.1, -0.05) is 0 Å². The Morgan fingerprint density at radius 1 is 1.75 bits per heavy atom. The van der Waals surface area contributed by atoms with Crippen molar-refractivity contribution >= 4 is 44.0 Å². The van der Waals surface area contributed by atoms with Gasteiger partial charge in [-0.05, 0) is 0 Å². The minimum absolute atomic E-state index is 0.137. The van der Waals surface area contributed by atoms with Crippen molar-refractivity contribution in [3.63, 3.8) is 0 Å². The maximum absolute atomic E-state index is 10.5. The van der Waals surface area contributed by atoms with Crippen LogP contribution in [0.1, 0.15) is 0 Å². The zero-order valence-electron chi connectivity index (χ0n) is 6.56. The molecule has 0 saturated carbocycles. The zero-order chi connectivity index (χ0) is 9.78. The second kappa shape index (κ2) is 4.98. The van der Waals surface area contributed by atoms with E-state index < -0.39 is 21.5 Å². The molecule has 0 aromatic heterocycles. The topological polar surface area (TPSA) is 80.7 Å². The summed E-state index contributed by atoms with van der Waals surface area (Å²) in [6.45, 7) is 3.09. The van der Waals surface area contributed by atoms with Gasteiger partial charge in [0.05, 0.1) is 0 Å². The Kier molecular flexibility index (Phi) is 5.03. The van der Waals surface area contributed by atoms with Gasteiger partial charge < -0.3 is 0 Å². The van der Waals surface area contributed by atoms with E-state index in [0.29, 0.717) is 27.9 Å². The molecule has 0 heterocycles. The van der Waals surface area contributed by atoms with Crippen LogP contribution in [0.25, 0.3) is 0 Å². The molecule has 0 radical (unpaired) electrons. The van der Waals surface area contributed by atoms with Crippen LogP contribution in [0.15, 0.2) is 12.7 Å². The van der Waals surface area contributed by atoms with E-state index in [1.54, 1.807) is 0 Å². The van der Waals surface area contributed by atoms with Gasteiger partial charge in [-0.15, -0.1) is 0 Å². The average Bonchev–Trinajstić information content (AvgIpc) is 1.97. The second-order valence-electron chi connectivity index (χ2n) is 1.99. The van der Waals surface area contributed by atoms with Crippen LogP contribution < -0.4 is 0 Å². The molecule has 1 N–H and O–H groups in total. The number of carbonyl (C=O) groups excluding carboxylic acids is 1. The van der Waals surface area contributed by atoms with E-state index in [0.717, 1.165) is 6.08 Å². The SMILES string of the molecule is C=CC(=O)OC([CH2][Na])S(=O)(=O)O. The number of ether oxygens (including phenoxy) is 1. The molecule has 0 aromatic carbocycles. The molecule has 0 saturated heterocycles. The van der Waals surface area contributed by atoms with Crippen LogP contribution in [-0.4, -0.2) is 52.3 Å². The van der Waals surface area contributed by atoms with Crippen molar-refractivity contribution in [2.45, 2.75) is 9.11 Å². The Balaban J connectivity index is 4.40. The first-order valence-corrected chi connectivity index (χ1v) is 6.13. The molecule has 1 atom stereocenters. The quantitative estimate of drug-likeness (QED) is 0.288. The van der Waals surface area contributed by atoms with Crippen molar-refractivity contribution in [2.75, 3.05) is 0 Å². The van der Waals surface area contributed by atoms with Crippen molar-refractivity contribution in [1.82, 2.24) is 0 Å². The van der Waals surface area contributed by atoms with Gasteiger partial charge in [0.25, 0.3) is 0 Å². The summed E-state index contributed by atoms with van der Waals surface area (Å²) < 4.78 is 34.0. The van der Waals surface area contributed by atoms with Crippen LogP contribution in [0.4, 0.5) is 0 Å². The minimum atomic E-state index is -4.28. The number of hydrogen-bond donors (Lipinski definition) is 1. The molecule has 5 nitrogen and oxygen atoms in total. The Bertz CT molecular complexity index is 270. The zero-order valence-corrected chi connectivity index (χ0v) is 9.37. The Labute approximate surface area is 87.9 Å². The number of hydrogen-bond acceptors (Lipinski definition) is 4. The van der Waals surface area contributed by atoms with Crippen LogP contribution in [0.5, 0.6) is 0 Å². The maximum atomic E-state index is 10.5. The Morgan fingerprint density at radius 2 is 2.25 bits per heavy atom. The number of esters is 1. The Morgan fingerprint density at radius 3 is 2.50 bits per heavy atom. The predicted octanol–water partition coefficient (Wildman–Crippen LogP) is -0.484. The van der Waals surface area contributed by atoms with Crippen molar-refractivity contribution < 1.29 is 22.5 Å². The number of rotatable bonds is 4. The second-order valence-corrected chi connectivity index (χ2v) is 4.37. The summed E-state index contributed by atoms with van der Waals surface area (Å²) >= 11 is 0.510. The first-order valence-electron chi connectivity index (χ1n) is 3.21. The van der Waals surface area contributed by atoms with Gasteiger partial charge in [0.15, 0.2) is 0 Å². The fourth-order valence-electron chi connectivity index (χ4n) is 0.532. The van der Waals surface area contributed by atoms with Gasteiger partial charge in [0, 0.05) is 0 Å². The molecular weight excluding hydrogens is 195 g/mol. The van der Waals surface area contributed by atoms with Gasteiger partial charge in [-0.2, -0.15) is 0 Å². The van der Waals surface area contributed by atoms with Crippen LogP contribution in [-0.2, 0) is 19.6 Å². The molecule has 0 aromatic rings. The fraction of sp³-hybridized carbons (Fsp3) is 0.400. The van der Waals surface area contributed by atoms with E-state index in [1.165, 1.54) is 0 Å². The van der Waals surface area contributed by atoms with Crippen molar-refractivity contribution in [2.24, 2.45) is 0 Å². The summed E-state index contributed by atoms with van der Waals surface area (Å²) in [6.07, 6.45) is 0.843. The van der Waals surface area contributed by atoms with Crippen molar-refractivity contribution in [1.29, 1.82) is 0 Å². The van der Waals surface area contributed by atoms with Crippen LogP contribution >= 0.6 is 0 Å². The van der Waals surface area contributed by atoms with E-state index >= 15 is 0 Å². The monoisotopic (exact) mass is 202 g/mol. The van der Waals surface area contributed by atoms with Crippen molar-refractivity contribution in [3.8, 4) is 0 Å². The predicted molar refractivity (Wildman–Crippen MR) is 42.2 cm³/mol. The van der Waals surface area contributed by atoms with Crippen molar-refractivity contribution in [3.05, 3.63) is 12.7 Å². The third-order valence-electron chi connectivity index (χ3n) is 1.08. The molecule has 0 aliphatic carbocycles. The standard InChI is InChI=1S/C5H7O5S.Na/c1-3-5(6)10-4(2)11(7,8)9;/h3-4H,1-2H2,(H,7,8,9);. The molecule has 12 heavy (non-hydrogen) atoms. The van der Waals surface area contributed by atoms with Gasteiger partial charge in [0.2, 0.25) is 0 Å². The van der Waals surface area contributed by atoms with Gasteiger partial charge in [-0.3, -0.25) is 0 Å². The molecule has 1 unspecified atom stereocenters. The normalized spacial score (nSPS) is 13.6. The van der Waals surface area contributed by atoms with E-state index in [9.17, 15) is 13.2 Å². The van der Waals surface area contributed by atoms with E-state index in [-0.39, 0.29) is 3.67 Å².